The molecule has 0 spiro atoms. The van der Waals surface area contributed by atoms with Crippen molar-refractivity contribution >= 4 is 12.0 Å². The third-order valence-electron chi connectivity index (χ3n) is 3.63. The third kappa shape index (κ3) is 7.03. The van der Waals surface area contributed by atoms with Crippen LogP contribution in [0.4, 0.5) is 4.79 Å². The normalized spacial score (nSPS) is 14.3. The predicted molar refractivity (Wildman–Crippen MR) is 76.1 cm³/mol. The fourth-order valence-electron chi connectivity index (χ4n) is 2.17. The highest BCUT2D eigenvalue weighted by molar-refractivity contribution is 5.76. The molecule has 5 nitrogen and oxygen atoms in total. The molecule has 0 radical (unpaired) electrons. The lowest BCUT2D eigenvalue weighted by molar-refractivity contribution is -0.137. The van der Waals surface area contributed by atoms with Crippen LogP contribution in [0.3, 0.4) is 0 Å². The van der Waals surface area contributed by atoms with Crippen LogP contribution in [0.5, 0.6) is 0 Å². The summed E-state index contributed by atoms with van der Waals surface area (Å²) < 4.78 is 0. The van der Waals surface area contributed by atoms with Gasteiger partial charge in [0.05, 0.1) is 6.42 Å². The second-order valence-corrected chi connectivity index (χ2v) is 5.43. The summed E-state index contributed by atoms with van der Waals surface area (Å²) in [4.78, 5) is 22.6. The summed E-state index contributed by atoms with van der Waals surface area (Å²) in [5, 5.41) is 14.5. The molecule has 0 aliphatic carbocycles. The van der Waals surface area contributed by atoms with Gasteiger partial charge in [0, 0.05) is 12.1 Å². The van der Waals surface area contributed by atoms with Crippen molar-refractivity contribution in [3.05, 3.63) is 0 Å². The van der Waals surface area contributed by atoms with Crippen molar-refractivity contribution in [3.63, 3.8) is 0 Å². The van der Waals surface area contributed by atoms with Crippen LogP contribution < -0.4 is 10.6 Å². The van der Waals surface area contributed by atoms with Crippen molar-refractivity contribution in [2.24, 2.45) is 11.8 Å². The van der Waals surface area contributed by atoms with E-state index in [0.29, 0.717) is 5.92 Å². The number of hydrogen-bond acceptors (Lipinski definition) is 2. The van der Waals surface area contributed by atoms with Crippen LogP contribution in [0.2, 0.25) is 0 Å². The van der Waals surface area contributed by atoms with Crippen molar-refractivity contribution in [3.8, 4) is 0 Å². The zero-order valence-corrected chi connectivity index (χ0v) is 12.7. The maximum Gasteiger partial charge on any atom is 0.315 e. The highest BCUT2D eigenvalue weighted by atomic mass is 16.4. The van der Waals surface area contributed by atoms with E-state index in [4.69, 9.17) is 5.11 Å². The van der Waals surface area contributed by atoms with Crippen LogP contribution in [-0.4, -0.2) is 29.2 Å². The second-order valence-electron chi connectivity index (χ2n) is 5.43. The molecular formula is C14H28N2O3. The van der Waals surface area contributed by atoms with Crippen LogP contribution in [-0.2, 0) is 4.79 Å². The minimum absolute atomic E-state index is 0.0511. The molecule has 0 rings (SSSR count). The van der Waals surface area contributed by atoms with Gasteiger partial charge in [0.25, 0.3) is 0 Å². The monoisotopic (exact) mass is 272 g/mol. The average molecular weight is 272 g/mol. The molecule has 0 fully saturated rings. The van der Waals surface area contributed by atoms with Crippen molar-refractivity contribution in [2.75, 3.05) is 0 Å². The van der Waals surface area contributed by atoms with Crippen molar-refractivity contribution < 1.29 is 14.7 Å². The number of carboxylic acids is 1. The summed E-state index contributed by atoms with van der Waals surface area (Å²) in [7, 11) is 0. The Balaban J connectivity index is 4.37. The van der Waals surface area contributed by atoms with E-state index in [1.807, 2.05) is 20.8 Å². The Kier molecular flexibility index (Phi) is 8.19. The largest absolute Gasteiger partial charge is 0.481 e. The fraction of sp³-hybridized carbons (Fsp3) is 0.857. The maximum atomic E-state index is 11.9. The van der Waals surface area contributed by atoms with Crippen molar-refractivity contribution in [1.82, 2.24) is 10.6 Å². The second kappa shape index (κ2) is 8.77. The van der Waals surface area contributed by atoms with Gasteiger partial charge in [0.1, 0.15) is 0 Å². The number of carboxylic acid groups (broad SMARTS) is 1. The van der Waals surface area contributed by atoms with Crippen molar-refractivity contribution in [2.45, 2.75) is 66.0 Å². The Labute approximate surface area is 116 Å². The first-order valence-electron chi connectivity index (χ1n) is 7.10. The molecule has 112 valence electrons. The predicted octanol–water partition coefficient (Wildman–Crippen LogP) is 2.61. The lowest BCUT2D eigenvalue weighted by atomic mass is 9.95. The van der Waals surface area contributed by atoms with Gasteiger partial charge in [-0.1, -0.05) is 40.5 Å². The van der Waals surface area contributed by atoms with Crippen LogP contribution >= 0.6 is 0 Å². The molecule has 0 aliphatic heterocycles. The van der Waals surface area contributed by atoms with Gasteiger partial charge in [-0.05, 0) is 18.8 Å². The van der Waals surface area contributed by atoms with E-state index in [0.717, 1.165) is 12.8 Å². The molecule has 0 saturated carbocycles. The Morgan fingerprint density at radius 1 is 1.05 bits per heavy atom. The number of carbonyl (C=O) groups is 2. The summed E-state index contributed by atoms with van der Waals surface area (Å²) >= 11 is 0. The highest BCUT2D eigenvalue weighted by Crippen LogP contribution is 2.12. The SMILES string of the molecule is CCC(CC)C(C)NC(=O)NC(CC(=O)O)C(C)C. The first-order chi connectivity index (χ1) is 8.81. The summed E-state index contributed by atoms with van der Waals surface area (Å²) in [6, 6.07) is -0.529. The molecule has 0 bridgehead atoms. The van der Waals surface area contributed by atoms with E-state index in [1.54, 1.807) is 0 Å². The highest BCUT2D eigenvalue weighted by Gasteiger charge is 2.21. The van der Waals surface area contributed by atoms with Gasteiger partial charge in [0.15, 0.2) is 0 Å². The van der Waals surface area contributed by atoms with Gasteiger partial charge in [-0.15, -0.1) is 0 Å². The Hall–Kier alpha value is -1.26. The average Bonchev–Trinajstić information content (AvgIpc) is 2.28. The summed E-state index contributed by atoms with van der Waals surface area (Å²) in [6.07, 6.45) is 1.98. The first-order valence-corrected chi connectivity index (χ1v) is 7.10. The van der Waals surface area contributed by atoms with E-state index in [-0.39, 0.29) is 30.5 Å². The number of rotatable bonds is 8. The Bertz CT molecular complexity index is 288. The number of carbonyl (C=O) groups excluding carboxylic acids is 1. The van der Waals surface area contributed by atoms with Gasteiger partial charge in [-0.2, -0.15) is 0 Å². The standard InChI is InChI=1S/C14H28N2O3/c1-6-11(7-2)10(5)15-14(19)16-12(9(3)4)8-13(17)18/h9-12H,6-8H2,1-5H3,(H,17,18)(H2,15,16,19). The smallest absolute Gasteiger partial charge is 0.315 e. The van der Waals surface area contributed by atoms with Crippen molar-refractivity contribution in [1.29, 1.82) is 0 Å². The molecule has 0 heterocycles. The van der Waals surface area contributed by atoms with Gasteiger partial charge in [0.2, 0.25) is 0 Å². The lowest BCUT2D eigenvalue weighted by Crippen LogP contribution is -2.49. The summed E-state index contributed by atoms with van der Waals surface area (Å²) in [5.41, 5.74) is 0. The molecule has 0 aliphatic rings. The minimum atomic E-state index is -0.896. The molecule has 0 aromatic heterocycles. The molecule has 5 heteroatoms. The zero-order valence-electron chi connectivity index (χ0n) is 12.7. The van der Waals surface area contributed by atoms with E-state index >= 15 is 0 Å². The van der Waals surface area contributed by atoms with E-state index in [2.05, 4.69) is 24.5 Å². The molecular weight excluding hydrogens is 244 g/mol. The Morgan fingerprint density at radius 3 is 1.95 bits per heavy atom. The molecule has 2 atom stereocenters. The minimum Gasteiger partial charge on any atom is -0.481 e. The van der Waals surface area contributed by atoms with Crippen LogP contribution in [0, 0.1) is 11.8 Å². The lowest BCUT2D eigenvalue weighted by Gasteiger charge is -2.26. The fourth-order valence-corrected chi connectivity index (χ4v) is 2.17. The number of amides is 2. The van der Waals surface area contributed by atoms with Crippen LogP contribution in [0.1, 0.15) is 53.9 Å². The van der Waals surface area contributed by atoms with Gasteiger partial charge in [-0.25, -0.2) is 4.79 Å². The molecule has 19 heavy (non-hydrogen) atoms. The number of nitrogens with one attached hydrogen (secondary N) is 2. The first kappa shape index (κ1) is 17.7. The molecule has 0 aromatic carbocycles. The molecule has 2 amide bonds. The van der Waals surface area contributed by atoms with Gasteiger partial charge in [-0.3, -0.25) is 4.79 Å². The maximum absolute atomic E-state index is 11.9. The topological polar surface area (TPSA) is 78.4 Å². The quantitative estimate of drug-likeness (QED) is 0.635. The van der Waals surface area contributed by atoms with E-state index in [1.165, 1.54) is 0 Å². The molecule has 3 N–H and O–H groups in total. The van der Waals surface area contributed by atoms with Gasteiger partial charge >= 0.3 is 12.0 Å². The summed E-state index contributed by atoms with van der Waals surface area (Å²) in [6.45, 7) is 9.99. The number of aliphatic carboxylic acids is 1. The summed E-state index contributed by atoms with van der Waals surface area (Å²) in [5.74, 6) is -0.361. The molecule has 2 unspecified atom stereocenters. The zero-order chi connectivity index (χ0) is 15.0. The van der Waals surface area contributed by atoms with E-state index < -0.39 is 5.97 Å². The van der Waals surface area contributed by atoms with Gasteiger partial charge < -0.3 is 15.7 Å². The number of hydrogen-bond donors (Lipinski definition) is 3. The van der Waals surface area contributed by atoms with Crippen LogP contribution in [0.25, 0.3) is 0 Å². The van der Waals surface area contributed by atoms with E-state index in [9.17, 15) is 9.59 Å². The molecule has 0 saturated heterocycles. The Morgan fingerprint density at radius 2 is 1.58 bits per heavy atom. The third-order valence-corrected chi connectivity index (χ3v) is 3.63. The molecule has 0 aromatic rings. The number of urea groups is 1. The van der Waals surface area contributed by atoms with Crippen LogP contribution in [0.15, 0.2) is 0 Å².